The number of aliphatic hydroxyl groups is 1. The summed E-state index contributed by atoms with van der Waals surface area (Å²) in [6.07, 6.45) is 3.55. The molecule has 0 rings (SSSR count). The molecule has 0 aliphatic carbocycles. The molecule has 0 saturated carbocycles. The summed E-state index contributed by atoms with van der Waals surface area (Å²) in [4.78, 5) is 11.6. The molecule has 3 nitrogen and oxygen atoms in total. The molecule has 1 atom stereocenters. The van der Waals surface area contributed by atoms with Crippen LogP contribution >= 0.6 is 0 Å². The Hall–Kier alpha value is -0.830. The number of aliphatic hydroxyl groups excluding tert-OH is 1. The van der Waals surface area contributed by atoms with E-state index >= 15 is 0 Å². The van der Waals surface area contributed by atoms with E-state index in [1.54, 1.807) is 6.92 Å². The lowest BCUT2D eigenvalue weighted by atomic mass is 10.0. The molecular weight excluding hydrogens is 190 g/mol. The van der Waals surface area contributed by atoms with Crippen molar-refractivity contribution < 1.29 is 9.90 Å². The molecule has 0 aromatic rings. The van der Waals surface area contributed by atoms with Crippen LogP contribution in [0.3, 0.4) is 0 Å². The molecule has 0 spiro atoms. The van der Waals surface area contributed by atoms with Gasteiger partial charge in [-0.05, 0) is 25.7 Å². The van der Waals surface area contributed by atoms with Crippen molar-refractivity contribution in [3.8, 4) is 0 Å². The van der Waals surface area contributed by atoms with E-state index in [4.69, 9.17) is 5.11 Å². The van der Waals surface area contributed by atoms with E-state index in [2.05, 4.69) is 19.2 Å². The van der Waals surface area contributed by atoms with Crippen LogP contribution in [0.4, 0.5) is 0 Å². The maximum atomic E-state index is 11.6. The molecule has 88 valence electrons. The second-order valence-electron chi connectivity index (χ2n) is 4.28. The van der Waals surface area contributed by atoms with Crippen LogP contribution in [0.5, 0.6) is 0 Å². The Morgan fingerprint density at radius 1 is 1.47 bits per heavy atom. The number of amides is 1. The second-order valence-corrected chi connectivity index (χ2v) is 4.28. The highest BCUT2D eigenvalue weighted by Crippen LogP contribution is 2.05. The molecule has 0 radical (unpaired) electrons. The Labute approximate surface area is 92.6 Å². The number of hydrogen-bond donors (Lipinski definition) is 2. The van der Waals surface area contributed by atoms with Gasteiger partial charge in [0.25, 0.3) is 0 Å². The van der Waals surface area contributed by atoms with Crippen LogP contribution in [0, 0.1) is 5.92 Å². The van der Waals surface area contributed by atoms with Crippen LogP contribution < -0.4 is 5.32 Å². The van der Waals surface area contributed by atoms with E-state index in [0.717, 1.165) is 18.4 Å². The topological polar surface area (TPSA) is 49.3 Å². The number of carbonyl (C=O) groups is 1. The molecule has 0 saturated heterocycles. The van der Waals surface area contributed by atoms with Crippen molar-refractivity contribution in [3.05, 3.63) is 11.6 Å². The molecule has 0 heterocycles. The summed E-state index contributed by atoms with van der Waals surface area (Å²) in [6, 6.07) is -0.127. The lowest BCUT2D eigenvalue weighted by Crippen LogP contribution is -2.38. The molecule has 0 aliphatic rings. The standard InChI is InChI=1S/C12H23NO2/c1-5-6-10(4)12(15)13-11(8-14)7-9(2)3/h6,9,11,14H,5,7-8H2,1-4H3,(H,13,15)/b10-6-. The lowest BCUT2D eigenvalue weighted by Gasteiger charge is -2.18. The predicted molar refractivity (Wildman–Crippen MR) is 62.5 cm³/mol. The highest BCUT2D eigenvalue weighted by Gasteiger charge is 2.13. The summed E-state index contributed by atoms with van der Waals surface area (Å²) in [6.45, 7) is 7.94. The first-order valence-corrected chi connectivity index (χ1v) is 5.59. The molecule has 0 aromatic heterocycles. The van der Waals surface area contributed by atoms with E-state index in [0.29, 0.717) is 5.92 Å². The number of hydrogen-bond acceptors (Lipinski definition) is 2. The van der Waals surface area contributed by atoms with Crippen LogP contribution in [0.2, 0.25) is 0 Å². The third kappa shape index (κ3) is 6.28. The Morgan fingerprint density at radius 2 is 2.07 bits per heavy atom. The maximum Gasteiger partial charge on any atom is 0.246 e. The van der Waals surface area contributed by atoms with Gasteiger partial charge in [0.05, 0.1) is 12.6 Å². The van der Waals surface area contributed by atoms with Gasteiger partial charge in [-0.2, -0.15) is 0 Å². The normalized spacial score (nSPS) is 14.1. The summed E-state index contributed by atoms with van der Waals surface area (Å²) >= 11 is 0. The minimum Gasteiger partial charge on any atom is -0.394 e. The predicted octanol–water partition coefficient (Wildman–Crippen LogP) is 1.87. The van der Waals surface area contributed by atoms with Gasteiger partial charge in [0.15, 0.2) is 0 Å². The quantitative estimate of drug-likeness (QED) is 0.662. The first-order valence-electron chi connectivity index (χ1n) is 5.59. The second kappa shape index (κ2) is 7.46. The van der Waals surface area contributed by atoms with E-state index in [1.165, 1.54) is 0 Å². The zero-order chi connectivity index (χ0) is 11.8. The fourth-order valence-corrected chi connectivity index (χ4v) is 1.45. The van der Waals surface area contributed by atoms with Crippen molar-refractivity contribution in [1.29, 1.82) is 0 Å². The van der Waals surface area contributed by atoms with Crippen LogP contribution in [0.1, 0.15) is 40.5 Å². The number of rotatable bonds is 6. The summed E-state index contributed by atoms with van der Waals surface area (Å²) in [7, 11) is 0. The summed E-state index contributed by atoms with van der Waals surface area (Å²) in [5.41, 5.74) is 0.722. The van der Waals surface area contributed by atoms with Crippen molar-refractivity contribution >= 4 is 5.91 Å². The van der Waals surface area contributed by atoms with Crippen molar-refractivity contribution in [2.75, 3.05) is 6.61 Å². The fourth-order valence-electron chi connectivity index (χ4n) is 1.45. The Kier molecular flexibility index (Phi) is 7.05. The van der Waals surface area contributed by atoms with Gasteiger partial charge in [0.2, 0.25) is 5.91 Å². The fraction of sp³-hybridized carbons (Fsp3) is 0.750. The highest BCUT2D eigenvalue weighted by atomic mass is 16.3. The van der Waals surface area contributed by atoms with Crippen LogP contribution in [-0.4, -0.2) is 23.7 Å². The smallest absolute Gasteiger partial charge is 0.246 e. The van der Waals surface area contributed by atoms with Gasteiger partial charge >= 0.3 is 0 Å². The van der Waals surface area contributed by atoms with Crippen LogP contribution in [0.25, 0.3) is 0 Å². The monoisotopic (exact) mass is 213 g/mol. The van der Waals surface area contributed by atoms with Crippen molar-refractivity contribution in [1.82, 2.24) is 5.32 Å². The summed E-state index contributed by atoms with van der Waals surface area (Å²) < 4.78 is 0. The van der Waals surface area contributed by atoms with Crippen LogP contribution in [-0.2, 0) is 4.79 Å². The summed E-state index contributed by atoms with van der Waals surface area (Å²) in [5, 5.41) is 11.9. The number of nitrogens with one attached hydrogen (secondary N) is 1. The van der Waals surface area contributed by atoms with Crippen molar-refractivity contribution in [2.24, 2.45) is 5.92 Å². The zero-order valence-electron chi connectivity index (χ0n) is 10.2. The van der Waals surface area contributed by atoms with Crippen LogP contribution in [0.15, 0.2) is 11.6 Å². The van der Waals surface area contributed by atoms with Crippen molar-refractivity contribution in [3.63, 3.8) is 0 Å². The van der Waals surface area contributed by atoms with Gasteiger partial charge in [0.1, 0.15) is 0 Å². The van der Waals surface area contributed by atoms with Crippen molar-refractivity contribution in [2.45, 2.75) is 46.6 Å². The average Bonchev–Trinajstić information content (AvgIpc) is 2.16. The van der Waals surface area contributed by atoms with Gasteiger partial charge in [-0.1, -0.05) is 26.8 Å². The van der Waals surface area contributed by atoms with Gasteiger partial charge in [-0.15, -0.1) is 0 Å². The van der Waals surface area contributed by atoms with E-state index in [1.807, 2.05) is 13.0 Å². The largest absolute Gasteiger partial charge is 0.394 e. The summed E-state index contributed by atoms with van der Waals surface area (Å²) in [5.74, 6) is 0.398. The highest BCUT2D eigenvalue weighted by molar-refractivity contribution is 5.92. The number of allylic oxidation sites excluding steroid dienone is 1. The Bertz CT molecular complexity index is 222. The third-order valence-electron chi connectivity index (χ3n) is 2.18. The van der Waals surface area contributed by atoms with Gasteiger partial charge < -0.3 is 10.4 Å². The minimum absolute atomic E-state index is 0.00330. The van der Waals surface area contributed by atoms with Gasteiger partial charge in [0, 0.05) is 5.57 Å². The van der Waals surface area contributed by atoms with E-state index < -0.39 is 0 Å². The molecule has 2 N–H and O–H groups in total. The molecular formula is C12H23NO2. The average molecular weight is 213 g/mol. The molecule has 15 heavy (non-hydrogen) atoms. The molecule has 1 unspecified atom stereocenters. The molecule has 0 bridgehead atoms. The molecule has 0 aliphatic heterocycles. The van der Waals surface area contributed by atoms with Gasteiger partial charge in [-0.25, -0.2) is 0 Å². The molecule has 0 aromatic carbocycles. The van der Waals surface area contributed by atoms with E-state index in [-0.39, 0.29) is 18.6 Å². The Balaban J connectivity index is 4.18. The Morgan fingerprint density at radius 3 is 2.47 bits per heavy atom. The minimum atomic E-state index is -0.127. The first-order chi connectivity index (χ1) is 7.01. The van der Waals surface area contributed by atoms with Gasteiger partial charge in [-0.3, -0.25) is 4.79 Å². The first kappa shape index (κ1) is 14.2. The molecule has 0 fully saturated rings. The third-order valence-corrected chi connectivity index (χ3v) is 2.18. The molecule has 1 amide bonds. The van der Waals surface area contributed by atoms with E-state index in [9.17, 15) is 4.79 Å². The molecule has 3 heteroatoms. The zero-order valence-corrected chi connectivity index (χ0v) is 10.2. The SMILES string of the molecule is CC/C=C(/C)C(=O)NC(CO)CC(C)C. The number of carbonyl (C=O) groups excluding carboxylic acids is 1. The lowest BCUT2D eigenvalue weighted by molar-refractivity contribution is -0.118. The maximum absolute atomic E-state index is 11.6.